The number of carbonyl (C=O) groups is 4. The number of amides is 3. The Kier molecular flexibility index (Phi) is 5.95. The lowest BCUT2D eigenvalue weighted by Crippen LogP contribution is -2.30. The first kappa shape index (κ1) is 23.3. The highest BCUT2D eigenvalue weighted by molar-refractivity contribution is 6.22. The standard InChI is InChI=1S/C28H30N2O5/c1-16-7-12-22-23(13-16)27(33)30(26(22)32)20-8-10-21(11-9-20)35-28(34)19-14-25(31)29(15-19)24-6-4-5-17(2)18(24)3/h4-6,8-11,16,19,22-23H,7,12-15H2,1-3H3/t16-,19-,22-,23+/m1/s1. The van der Waals surface area contributed by atoms with Crippen LogP contribution in [-0.4, -0.2) is 30.2 Å². The Morgan fingerprint density at radius 1 is 0.943 bits per heavy atom. The summed E-state index contributed by atoms with van der Waals surface area (Å²) in [7, 11) is 0. The molecule has 3 fully saturated rings. The summed E-state index contributed by atoms with van der Waals surface area (Å²) in [4.78, 5) is 54.2. The van der Waals surface area contributed by atoms with Crippen molar-refractivity contribution in [1.82, 2.24) is 0 Å². The van der Waals surface area contributed by atoms with Gasteiger partial charge in [0, 0.05) is 18.7 Å². The van der Waals surface area contributed by atoms with Crippen LogP contribution in [0.5, 0.6) is 5.75 Å². The van der Waals surface area contributed by atoms with Gasteiger partial charge < -0.3 is 9.64 Å². The van der Waals surface area contributed by atoms with E-state index >= 15 is 0 Å². The second-order valence-corrected chi connectivity index (χ2v) is 10.2. The molecule has 7 nitrogen and oxygen atoms in total. The van der Waals surface area contributed by atoms with Gasteiger partial charge in [0.2, 0.25) is 17.7 Å². The number of hydrogen-bond donors (Lipinski definition) is 0. The van der Waals surface area contributed by atoms with Gasteiger partial charge in [-0.05, 0) is 80.5 Å². The van der Waals surface area contributed by atoms with Gasteiger partial charge in [0.1, 0.15) is 5.75 Å². The highest BCUT2D eigenvalue weighted by Gasteiger charge is 2.50. The third-order valence-electron chi connectivity index (χ3n) is 7.83. The number of fused-ring (bicyclic) bond motifs is 1. The number of aryl methyl sites for hydroxylation is 1. The van der Waals surface area contributed by atoms with Gasteiger partial charge in [-0.15, -0.1) is 0 Å². The van der Waals surface area contributed by atoms with E-state index in [1.165, 1.54) is 4.90 Å². The lowest BCUT2D eigenvalue weighted by Gasteiger charge is -2.25. The van der Waals surface area contributed by atoms with Crippen LogP contribution in [0.25, 0.3) is 0 Å². The van der Waals surface area contributed by atoms with Crippen molar-refractivity contribution in [2.45, 2.75) is 46.5 Å². The molecule has 1 saturated carbocycles. The van der Waals surface area contributed by atoms with Crippen LogP contribution in [-0.2, 0) is 19.2 Å². The molecular formula is C28H30N2O5. The molecule has 0 radical (unpaired) electrons. The molecule has 2 heterocycles. The molecule has 5 rings (SSSR count). The van der Waals surface area contributed by atoms with Crippen LogP contribution in [0.15, 0.2) is 42.5 Å². The van der Waals surface area contributed by atoms with Crippen LogP contribution in [0.1, 0.15) is 43.7 Å². The molecule has 3 aliphatic rings. The summed E-state index contributed by atoms with van der Waals surface area (Å²) in [6.45, 7) is 6.36. The predicted molar refractivity (Wildman–Crippen MR) is 131 cm³/mol. The molecule has 0 spiro atoms. The first-order valence-corrected chi connectivity index (χ1v) is 12.3. The minimum atomic E-state index is -0.561. The van der Waals surface area contributed by atoms with Gasteiger partial charge in [-0.2, -0.15) is 0 Å². The molecule has 3 amide bonds. The predicted octanol–water partition coefficient (Wildman–Crippen LogP) is 4.19. The fourth-order valence-electron chi connectivity index (χ4n) is 5.63. The summed E-state index contributed by atoms with van der Waals surface area (Å²) < 4.78 is 5.56. The third-order valence-corrected chi connectivity index (χ3v) is 7.83. The molecule has 4 atom stereocenters. The zero-order chi connectivity index (χ0) is 24.9. The second-order valence-electron chi connectivity index (χ2n) is 10.2. The van der Waals surface area contributed by atoms with Crippen LogP contribution in [0.3, 0.4) is 0 Å². The van der Waals surface area contributed by atoms with Crippen LogP contribution in [0.4, 0.5) is 11.4 Å². The Morgan fingerprint density at radius 2 is 1.66 bits per heavy atom. The summed E-state index contributed by atoms with van der Waals surface area (Å²) in [6, 6.07) is 12.3. The van der Waals surface area contributed by atoms with Crippen LogP contribution in [0.2, 0.25) is 0 Å². The van der Waals surface area contributed by atoms with Gasteiger partial charge in [0.25, 0.3) is 0 Å². The second kappa shape index (κ2) is 8.95. The van der Waals surface area contributed by atoms with E-state index in [2.05, 4.69) is 6.92 Å². The van der Waals surface area contributed by atoms with E-state index < -0.39 is 11.9 Å². The van der Waals surface area contributed by atoms with Crippen molar-refractivity contribution >= 4 is 35.1 Å². The van der Waals surface area contributed by atoms with Gasteiger partial charge in [0.05, 0.1) is 23.4 Å². The number of rotatable bonds is 4. The minimum absolute atomic E-state index is 0.0992. The average molecular weight is 475 g/mol. The van der Waals surface area contributed by atoms with Crippen molar-refractivity contribution in [1.29, 1.82) is 0 Å². The van der Waals surface area contributed by atoms with E-state index in [9.17, 15) is 19.2 Å². The van der Waals surface area contributed by atoms with Crippen LogP contribution >= 0.6 is 0 Å². The Balaban J connectivity index is 1.25. The summed E-state index contributed by atoms with van der Waals surface area (Å²) in [5.41, 5.74) is 3.43. The van der Waals surface area contributed by atoms with E-state index in [1.807, 2.05) is 32.0 Å². The van der Waals surface area contributed by atoms with Gasteiger partial charge in [-0.3, -0.25) is 24.1 Å². The maximum Gasteiger partial charge on any atom is 0.316 e. The maximum atomic E-state index is 12.9. The molecule has 1 aliphatic carbocycles. The highest BCUT2D eigenvalue weighted by atomic mass is 16.5. The van der Waals surface area contributed by atoms with E-state index in [0.29, 0.717) is 17.4 Å². The van der Waals surface area contributed by atoms with Crippen molar-refractivity contribution in [3.8, 4) is 5.75 Å². The van der Waals surface area contributed by atoms with Gasteiger partial charge in [-0.1, -0.05) is 19.1 Å². The quantitative estimate of drug-likeness (QED) is 0.377. The topological polar surface area (TPSA) is 84.0 Å². The molecule has 0 unspecified atom stereocenters. The number of hydrogen-bond acceptors (Lipinski definition) is 5. The molecule has 2 saturated heterocycles. The fourth-order valence-corrected chi connectivity index (χ4v) is 5.63. The molecule has 7 heteroatoms. The van der Waals surface area contributed by atoms with Crippen molar-refractivity contribution in [3.63, 3.8) is 0 Å². The van der Waals surface area contributed by atoms with Gasteiger partial charge in [0.15, 0.2) is 0 Å². The Labute approximate surface area is 205 Å². The van der Waals surface area contributed by atoms with Crippen LogP contribution < -0.4 is 14.5 Å². The monoisotopic (exact) mass is 474 g/mol. The summed E-state index contributed by atoms with van der Waals surface area (Å²) >= 11 is 0. The maximum absolute atomic E-state index is 12.9. The first-order valence-electron chi connectivity index (χ1n) is 12.3. The number of imide groups is 1. The summed E-state index contributed by atoms with van der Waals surface area (Å²) in [6.07, 6.45) is 2.57. The first-order chi connectivity index (χ1) is 16.7. The Morgan fingerprint density at radius 3 is 2.40 bits per heavy atom. The molecule has 0 bridgehead atoms. The highest BCUT2D eigenvalue weighted by Crippen LogP contribution is 2.42. The molecular weight excluding hydrogens is 444 g/mol. The van der Waals surface area contributed by atoms with Gasteiger partial charge in [-0.25, -0.2) is 0 Å². The van der Waals surface area contributed by atoms with Crippen LogP contribution in [0, 0.1) is 37.5 Å². The average Bonchev–Trinajstić information content (AvgIpc) is 3.33. The number of carbonyl (C=O) groups excluding carboxylic acids is 4. The lowest BCUT2D eigenvalue weighted by atomic mass is 9.76. The minimum Gasteiger partial charge on any atom is -0.426 e. The zero-order valence-electron chi connectivity index (χ0n) is 20.3. The van der Waals surface area contributed by atoms with Gasteiger partial charge >= 0.3 is 5.97 Å². The van der Waals surface area contributed by atoms with Crippen molar-refractivity contribution in [3.05, 3.63) is 53.6 Å². The third kappa shape index (κ3) is 4.13. The number of benzene rings is 2. The Hall–Kier alpha value is -3.48. The van der Waals surface area contributed by atoms with E-state index in [-0.39, 0.29) is 42.5 Å². The summed E-state index contributed by atoms with van der Waals surface area (Å²) in [5, 5.41) is 0. The molecule has 0 aromatic heterocycles. The fraction of sp³-hybridized carbons (Fsp3) is 0.429. The normalized spacial score (nSPS) is 26.3. The van der Waals surface area contributed by atoms with E-state index in [4.69, 9.17) is 4.74 Å². The number of nitrogens with zero attached hydrogens (tertiary/aromatic N) is 2. The molecule has 2 aromatic rings. The molecule has 2 aromatic carbocycles. The number of esters is 1. The summed E-state index contributed by atoms with van der Waals surface area (Å²) in [5.74, 6) is -1.08. The molecule has 0 N–H and O–H groups in total. The van der Waals surface area contributed by atoms with Crippen molar-refractivity contribution in [2.24, 2.45) is 23.7 Å². The zero-order valence-corrected chi connectivity index (χ0v) is 20.3. The van der Waals surface area contributed by atoms with Crippen molar-refractivity contribution in [2.75, 3.05) is 16.3 Å². The van der Waals surface area contributed by atoms with Crippen molar-refractivity contribution < 1.29 is 23.9 Å². The number of ether oxygens (including phenoxy) is 1. The Bertz CT molecular complexity index is 1200. The van der Waals surface area contributed by atoms with E-state index in [0.717, 1.165) is 36.1 Å². The lowest BCUT2D eigenvalue weighted by molar-refractivity contribution is -0.139. The molecule has 35 heavy (non-hydrogen) atoms. The number of anilines is 2. The van der Waals surface area contributed by atoms with E-state index in [1.54, 1.807) is 29.2 Å². The molecule has 2 aliphatic heterocycles. The smallest absolute Gasteiger partial charge is 0.316 e. The SMILES string of the molecule is Cc1cccc(N2C[C@H](C(=O)Oc3ccc(N4C(=O)[C@H]5C[C@H](C)CC[C@H]5C4=O)cc3)CC2=O)c1C. The molecule has 182 valence electrons. The largest absolute Gasteiger partial charge is 0.426 e.